The number of rotatable bonds is 6. The monoisotopic (exact) mass is 323 g/mol. The van der Waals surface area contributed by atoms with Crippen molar-refractivity contribution in [1.29, 1.82) is 0 Å². The normalized spacial score (nSPS) is 12.2. The fourth-order valence-corrected chi connectivity index (χ4v) is 1.98. The van der Waals surface area contributed by atoms with Crippen LogP contribution in [-0.2, 0) is 19.6 Å². The molecule has 0 bridgehead atoms. The van der Waals surface area contributed by atoms with Crippen LogP contribution in [0.3, 0.4) is 0 Å². The number of benzene rings is 1. The molecule has 9 heteroatoms. The SMILES string of the molecule is COC(CN)C(=O)Nc1ccccc1NS(C)(=O)=O.Cl. The lowest BCUT2D eigenvalue weighted by molar-refractivity contribution is -0.125. The van der Waals surface area contributed by atoms with Crippen molar-refractivity contribution in [2.24, 2.45) is 5.73 Å². The molecule has 0 saturated carbocycles. The highest BCUT2D eigenvalue weighted by molar-refractivity contribution is 7.92. The fraction of sp³-hybridized carbons (Fsp3) is 0.364. The molecule has 0 heterocycles. The number of hydrogen-bond donors (Lipinski definition) is 3. The van der Waals surface area contributed by atoms with E-state index < -0.39 is 22.0 Å². The molecule has 114 valence electrons. The minimum absolute atomic E-state index is 0. The van der Waals surface area contributed by atoms with Crippen molar-refractivity contribution >= 4 is 39.7 Å². The molecule has 1 unspecified atom stereocenters. The lowest BCUT2D eigenvalue weighted by atomic mass is 10.2. The van der Waals surface area contributed by atoms with Gasteiger partial charge in [-0.15, -0.1) is 12.4 Å². The van der Waals surface area contributed by atoms with Gasteiger partial charge in [-0.25, -0.2) is 8.42 Å². The zero-order chi connectivity index (χ0) is 14.5. The van der Waals surface area contributed by atoms with Crippen LogP contribution in [0.1, 0.15) is 0 Å². The number of carbonyl (C=O) groups is 1. The van der Waals surface area contributed by atoms with Gasteiger partial charge >= 0.3 is 0 Å². The Labute approximate surface area is 124 Å². The lowest BCUT2D eigenvalue weighted by Gasteiger charge is -2.15. The van der Waals surface area contributed by atoms with E-state index in [2.05, 4.69) is 10.0 Å². The zero-order valence-electron chi connectivity index (χ0n) is 11.1. The first-order valence-electron chi connectivity index (χ1n) is 5.48. The molecule has 0 aromatic heterocycles. The van der Waals surface area contributed by atoms with E-state index in [1.165, 1.54) is 7.11 Å². The van der Waals surface area contributed by atoms with Gasteiger partial charge in [0.1, 0.15) is 6.10 Å². The van der Waals surface area contributed by atoms with Gasteiger partial charge in [-0.1, -0.05) is 12.1 Å². The van der Waals surface area contributed by atoms with Crippen molar-refractivity contribution < 1.29 is 17.9 Å². The number of nitrogens with two attached hydrogens (primary N) is 1. The third-order valence-corrected chi connectivity index (χ3v) is 2.86. The molecule has 1 aromatic rings. The Balaban J connectivity index is 0.00000361. The summed E-state index contributed by atoms with van der Waals surface area (Å²) in [5.41, 5.74) is 6.00. The van der Waals surface area contributed by atoms with E-state index in [0.29, 0.717) is 5.69 Å². The fourth-order valence-electron chi connectivity index (χ4n) is 1.40. The highest BCUT2D eigenvalue weighted by Gasteiger charge is 2.17. The third kappa shape index (κ3) is 5.74. The Morgan fingerprint density at radius 2 is 1.90 bits per heavy atom. The number of methoxy groups -OCH3 is 1. The minimum atomic E-state index is -3.42. The molecule has 0 aliphatic rings. The van der Waals surface area contributed by atoms with Gasteiger partial charge < -0.3 is 15.8 Å². The minimum Gasteiger partial charge on any atom is -0.370 e. The maximum absolute atomic E-state index is 11.8. The van der Waals surface area contributed by atoms with Crippen LogP contribution in [0.15, 0.2) is 24.3 Å². The van der Waals surface area contributed by atoms with Crippen molar-refractivity contribution in [2.75, 3.05) is 29.9 Å². The number of nitrogens with one attached hydrogen (secondary N) is 2. The largest absolute Gasteiger partial charge is 0.370 e. The molecule has 4 N–H and O–H groups in total. The molecule has 20 heavy (non-hydrogen) atoms. The quantitative estimate of drug-likeness (QED) is 0.701. The molecule has 0 aliphatic heterocycles. The summed E-state index contributed by atoms with van der Waals surface area (Å²) in [7, 11) is -2.05. The van der Waals surface area contributed by atoms with E-state index >= 15 is 0 Å². The van der Waals surface area contributed by atoms with Crippen LogP contribution in [-0.4, -0.2) is 40.3 Å². The molecule has 1 rings (SSSR count). The van der Waals surface area contributed by atoms with Crippen molar-refractivity contribution in [3.8, 4) is 0 Å². The van der Waals surface area contributed by atoms with Gasteiger partial charge in [-0.3, -0.25) is 9.52 Å². The summed E-state index contributed by atoms with van der Waals surface area (Å²) in [5.74, 6) is -0.437. The average molecular weight is 324 g/mol. The number of amides is 1. The summed E-state index contributed by atoms with van der Waals surface area (Å²) in [6.45, 7) is 0.0318. The van der Waals surface area contributed by atoms with E-state index in [1.54, 1.807) is 24.3 Å². The van der Waals surface area contributed by atoms with Crippen LogP contribution in [0, 0.1) is 0 Å². The summed E-state index contributed by atoms with van der Waals surface area (Å²) in [6, 6.07) is 6.45. The Morgan fingerprint density at radius 3 is 2.35 bits per heavy atom. The summed E-state index contributed by atoms with van der Waals surface area (Å²) in [6.07, 6.45) is 0.245. The molecule has 0 fully saturated rings. The number of sulfonamides is 1. The Hall–Kier alpha value is -1.35. The highest BCUT2D eigenvalue weighted by Crippen LogP contribution is 2.22. The average Bonchev–Trinajstić information content (AvgIpc) is 2.31. The van der Waals surface area contributed by atoms with E-state index in [-0.39, 0.29) is 24.6 Å². The summed E-state index contributed by atoms with van der Waals surface area (Å²) < 4.78 is 29.6. The van der Waals surface area contributed by atoms with Gasteiger partial charge in [0.25, 0.3) is 5.91 Å². The van der Waals surface area contributed by atoms with Gasteiger partial charge in [0.2, 0.25) is 10.0 Å². The Bertz CT molecular complexity index is 546. The van der Waals surface area contributed by atoms with Crippen LogP contribution < -0.4 is 15.8 Å². The van der Waals surface area contributed by atoms with Crippen molar-refractivity contribution in [1.82, 2.24) is 0 Å². The maximum Gasteiger partial charge on any atom is 0.254 e. The smallest absolute Gasteiger partial charge is 0.254 e. The number of para-hydroxylation sites is 2. The van der Waals surface area contributed by atoms with Gasteiger partial charge in [-0.2, -0.15) is 0 Å². The second kappa shape index (κ2) is 8.05. The van der Waals surface area contributed by atoms with Crippen molar-refractivity contribution in [3.05, 3.63) is 24.3 Å². The second-order valence-corrected chi connectivity index (χ2v) is 5.62. The first-order valence-corrected chi connectivity index (χ1v) is 7.37. The van der Waals surface area contributed by atoms with Crippen LogP contribution in [0.4, 0.5) is 11.4 Å². The Morgan fingerprint density at radius 1 is 1.35 bits per heavy atom. The molecular formula is C11H18ClN3O4S. The highest BCUT2D eigenvalue weighted by atomic mass is 35.5. The number of hydrogen-bond acceptors (Lipinski definition) is 5. The van der Waals surface area contributed by atoms with E-state index in [1.807, 2.05) is 0 Å². The number of ether oxygens (including phenoxy) is 1. The maximum atomic E-state index is 11.8. The van der Waals surface area contributed by atoms with Crippen molar-refractivity contribution in [3.63, 3.8) is 0 Å². The van der Waals surface area contributed by atoms with E-state index in [9.17, 15) is 13.2 Å². The molecule has 0 saturated heterocycles. The molecule has 7 nitrogen and oxygen atoms in total. The van der Waals surface area contributed by atoms with Gasteiger partial charge in [0.05, 0.1) is 17.6 Å². The second-order valence-electron chi connectivity index (χ2n) is 3.87. The first kappa shape index (κ1) is 18.7. The standard InChI is InChI=1S/C11H17N3O4S.ClH/c1-18-10(7-12)11(15)13-8-5-3-4-6-9(8)14-19(2,16)17;/h3-6,10,14H,7,12H2,1-2H3,(H,13,15);1H. The topological polar surface area (TPSA) is 111 Å². The van der Waals surface area contributed by atoms with E-state index in [0.717, 1.165) is 6.26 Å². The first-order chi connectivity index (χ1) is 8.87. The number of halogens is 1. The predicted octanol–water partition coefficient (Wildman–Crippen LogP) is 0.392. The van der Waals surface area contributed by atoms with E-state index in [4.69, 9.17) is 10.5 Å². The summed E-state index contributed by atoms with van der Waals surface area (Å²) >= 11 is 0. The van der Waals surface area contributed by atoms with Crippen LogP contribution >= 0.6 is 12.4 Å². The molecular weight excluding hydrogens is 306 g/mol. The van der Waals surface area contributed by atoms with Crippen LogP contribution in [0.25, 0.3) is 0 Å². The van der Waals surface area contributed by atoms with Gasteiger partial charge in [0, 0.05) is 13.7 Å². The van der Waals surface area contributed by atoms with Crippen LogP contribution in [0.2, 0.25) is 0 Å². The number of anilines is 2. The molecule has 1 amide bonds. The van der Waals surface area contributed by atoms with Crippen molar-refractivity contribution in [2.45, 2.75) is 6.10 Å². The summed E-state index contributed by atoms with van der Waals surface area (Å²) in [4.78, 5) is 11.8. The number of carbonyl (C=O) groups excluding carboxylic acids is 1. The molecule has 0 spiro atoms. The molecule has 0 radical (unpaired) electrons. The molecule has 0 aliphatic carbocycles. The lowest BCUT2D eigenvalue weighted by Crippen LogP contribution is -2.36. The zero-order valence-corrected chi connectivity index (χ0v) is 12.8. The third-order valence-electron chi connectivity index (χ3n) is 2.27. The molecule has 1 atom stereocenters. The molecule has 1 aromatic carbocycles. The predicted molar refractivity (Wildman–Crippen MR) is 80.6 cm³/mol. The van der Waals surface area contributed by atoms with Crippen LogP contribution in [0.5, 0.6) is 0 Å². The summed E-state index contributed by atoms with van der Waals surface area (Å²) in [5, 5.41) is 2.56. The van der Waals surface area contributed by atoms with Gasteiger partial charge in [-0.05, 0) is 12.1 Å². The Kier molecular flexibility index (Phi) is 7.51. The van der Waals surface area contributed by atoms with Gasteiger partial charge in [0.15, 0.2) is 0 Å².